The van der Waals surface area contributed by atoms with Crippen LogP contribution < -0.4 is 15.4 Å². The average molecular weight is 487 g/mol. The predicted octanol–water partition coefficient (Wildman–Crippen LogP) is 3.70. The maximum Gasteiger partial charge on any atom is 0.319 e. The van der Waals surface area contributed by atoms with E-state index in [1.807, 2.05) is 6.92 Å². The summed E-state index contributed by atoms with van der Waals surface area (Å²) >= 11 is 0. The number of carbonyl (C=O) groups is 2. The Labute approximate surface area is 209 Å². The highest BCUT2D eigenvalue weighted by Crippen LogP contribution is 2.35. The van der Waals surface area contributed by atoms with Crippen LogP contribution in [0.3, 0.4) is 0 Å². The fourth-order valence-electron chi connectivity index (χ4n) is 5.27. The van der Waals surface area contributed by atoms with Crippen LogP contribution in [0.25, 0.3) is 0 Å². The number of ether oxygens (including phenoxy) is 1. The molecular formula is C27H42N4O4. The van der Waals surface area contributed by atoms with E-state index in [9.17, 15) is 14.7 Å². The zero-order valence-corrected chi connectivity index (χ0v) is 21.5. The van der Waals surface area contributed by atoms with Gasteiger partial charge >= 0.3 is 6.03 Å². The number of urea groups is 1. The maximum absolute atomic E-state index is 13.6. The van der Waals surface area contributed by atoms with E-state index in [0.717, 1.165) is 44.7 Å². The van der Waals surface area contributed by atoms with Crippen molar-refractivity contribution in [3.8, 4) is 5.75 Å². The Kier molecular flexibility index (Phi) is 8.55. The van der Waals surface area contributed by atoms with E-state index in [2.05, 4.69) is 29.5 Å². The van der Waals surface area contributed by atoms with Crippen LogP contribution in [-0.4, -0.2) is 78.3 Å². The monoisotopic (exact) mass is 486 g/mol. The summed E-state index contributed by atoms with van der Waals surface area (Å²) in [5.41, 5.74) is 0.923. The molecular weight excluding hydrogens is 444 g/mol. The van der Waals surface area contributed by atoms with Gasteiger partial charge < -0.3 is 30.3 Å². The number of carbonyl (C=O) groups excluding carboxylic acids is 2. The molecule has 2 saturated carbocycles. The molecule has 1 heterocycles. The molecule has 3 N–H and O–H groups in total. The standard InChI is InChI=1S/C27H42N4O4/c1-18-14-31(19(2)17-32)26(33)22-10-7-11-23(29-27(34)28-21-8-5-4-6-9-21)25(22)35-24(18)16-30(3)15-20-12-13-20/h7,10-11,18-21,24,32H,4-6,8-9,12-17H2,1-3H3,(H2,28,29,34)/t18-,19+,24+/m0/s1. The first kappa shape index (κ1) is 25.8. The van der Waals surface area contributed by atoms with E-state index in [4.69, 9.17) is 4.74 Å². The van der Waals surface area contributed by atoms with E-state index in [0.29, 0.717) is 23.5 Å². The van der Waals surface area contributed by atoms with Gasteiger partial charge in [0.1, 0.15) is 6.10 Å². The lowest BCUT2D eigenvalue weighted by Crippen LogP contribution is -2.50. The molecule has 3 aliphatic rings. The van der Waals surface area contributed by atoms with Crippen molar-refractivity contribution < 1.29 is 19.4 Å². The molecule has 0 spiro atoms. The SMILES string of the molecule is C[C@H](CO)N1C[C@H](C)[C@@H](CN(C)CC2CC2)Oc2c(NC(=O)NC3CCCCC3)cccc2C1=O. The third-order valence-electron chi connectivity index (χ3n) is 7.64. The zero-order chi connectivity index (χ0) is 24.9. The Morgan fingerprint density at radius 1 is 1.20 bits per heavy atom. The summed E-state index contributed by atoms with van der Waals surface area (Å²) in [6.45, 7) is 6.12. The van der Waals surface area contributed by atoms with Crippen LogP contribution in [0.1, 0.15) is 69.2 Å². The van der Waals surface area contributed by atoms with Crippen molar-refractivity contribution in [1.82, 2.24) is 15.1 Å². The zero-order valence-electron chi connectivity index (χ0n) is 21.5. The molecule has 8 nitrogen and oxygen atoms in total. The molecule has 3 amide bonds. The van der Waals surface area contributed by atoms with Crippen LogP contribution >= 0.6 is 0 Å². The molecule has 194 valence electrons. The van der Waals surface area contributed by atoms with Crippen LogP contribution in [0.15, 0.2) is 18.2 Å². The largest absolute Gasteiger partial charge is 0.486 e. The summed E-state index contributed by atoms with van der Waals surface area (Å²) in [4.78, 5) is 30.5. The third kappa shape index (κ3) is 6.67. The molecule has 1 aromatic rings. The van der Waals surface area contributed by atoms with Crippen molar-refractivity contribution in [2.45, 2.75) is 77.0 Å². The Morgan fingerprint density at radius 2 is 1.94 bits per heavy atom. The quantitative estimate of drug-likeness (QED) is 0.521. The first-order valence-electron chi connectivity index (χ1n) is 13.3. The van der Waals surface area contributed by atoms with Crippen molar-refractivity contribution in [3.05, 3.63) is 23.8 Å². The van der Waals surface area contributed by atoms with E-state index < -0.39 is 0 Å². The summed E-state index contributed by atoms with van der Waals surface area (Å²) in [7, 11) is 2.12. The predicted molar refractivity (Wildman–Crippen MR) is 137 cm³/mol. The number of anilines is 1. The number of amides is 3. The van der Waals surface area contributed by atoms with Crippen LogP contribution in [-0.2, 0) is 0 Å². The van der Waals surface area contributed by atoms with Gasteiger partial charge in [-0.05, 0) is 57.7 Å². The van der Waals surface area contributed by atoms with Gasteiger partial charge in [0.05, 0.1) is 23.9 Å². The molecule has 0 aromatic heterocycles. The van der Waals surface area contributed by atoms with E-state index in [1.165, 1.54) is 19.3 Å². The van der Waals surface area contributed by atoms with Gasteiger partial charge in [-0.1, -0.05) is 32.3 Å². The van der Waals surface area contributed by atoms with Crippen LogP contribution in [0.5, 0.6) is 5.75 Å². The summed E-state index contributed by atoms with van der Waals surface area (Å²) in [6.07, 6.45) is 7.89. The number of likely N-dealkylation sites (N-methyl/N-ethyl adjacent to an activating group) is 1. The first-order chi connectivity index (χ1) is 16.9. The Balaban J connectivity index is 1.59. The number of para-hydroxylation sites is 1. The van der Waals surface area contributed by atoms with Crippen molar-refractivity contribution in [1.29, 1.82) is 0 Å². The normalized spacial score (nSPS) is 24.3. The highest BCUT2D eigenvalue weighted by atomic mass is 16.5. The van der Waals surface area contributed by atoms with Crippen LogP contribution in [0.2, 0.25) is 0 Å². The van der Waals surface area contributed by atoms with E-state index in [1.54, 1.807) is 23.1 Å². The Bertz CT molecular complexity index is 884. The average Bonchev–Trinajstić information content (AvgIpc) is 3.65. The number of nitrogens with one attached hydrogen (secondary N) is 2. The number of benzene rings is 1. The number of rotatable bonds is 8. The van der Waals surface area contributed by atoms with Crippen molar-refractivity contribution in [2.24, 2.45) is 11.8 Å². The molecule has 3 atom stereocenters. The van der Waals surface area contributed by atoms with Crippen LogP contribution in [0.4, 0.5) is 10.5 Å². The minimum Gasteiger partial charge on any atom is -0.486 e. The highest BCUT2D eigenvalue weighted by Gasteiger charge is 2.35. The van der Waals surface area contributed by atoms with Gasteiger partial charge in [-0.2, -0.15) is 0 Å². The second kappa shape index (κ2) is 11.6. The molecule has 0 bridgehead atoms. The molecule has 0 unspecified atom stereocenters. The number of fused-ring (bicyclic) bond motifs is 1. The number of aliphatic hydroxyl groups excluding tert-OH is 1. The summed E-state index contributed by atoms with van der Waals surface area (Å²) < 4.78 is 6.58. The number of nitrogens with zero attached hydrogens (tertiary/aromatic N) is 2. The maximum atomic E-state index is 13.6. The van der Waals surface area contributed by atoms with Gasteiger partial charge in [0.2, 0.25) is 0 Å². The summed E-state index contributed by atoms with van der Waals surface area (Å²) in [5, 5.41) is 15.9. The topological polar surface area (TPSA) is 94.1 Å². The lowest BCUT2D eigenvalue weighted by Gasteiger charge is -2.38. The first-order valence-corrected chi connectivity index (χ1v) is 13.3. The van der Waals surface area contributed by atoms with E-state index >= 15 is 0 Å². The molecule has 1 aliphatic heterocycles. The third-order valence-corrected chi connectivity index (χ3v) is 7.64. The highest BCUT2D eigenvalue weighted by molar-refractivity contribution is 6.01. The second-order valence-electron chi connectivity index (χ2n) is 10.9. The molecule has 2 fully saturated rings. The minimum absolute atomic E-state index is 0.0480. The fraction of sp³-hybridized carbons (Fsp3) is 0.704. The summed E-state index contributed by atoms with van der Waals surface area (Å²) in [6, 6.07) is 4.92. The van der Waals surface area contributed by atoms with Gasteiger partial charge in [-0.3, -0.25) is 4.79 Å². The van der Waals surface area contributed by atoms with Crippen molar-refractivity contribution in [2.75, 3.05) is 38.6 Å². The van der Waals surface area contributed by atoms with Crippen molar-refractivity contribution in [3.63, 3.8) is 0 Å². The smallest absolute Gasteiger partial charge is 0.319 e. The molecule has 8 heteroatoms. The van der Waals surface area contributed by atoms with Crippen LogP contribution in [0, 0.1) is 11.8 Å². The van der Waals surface area contributed by atoms with Gasteiger partial charge in [-0.15, -0.1) is 0 Å². The number of hydrogen-bond acceptors (Lipinski definition) is 5. The van der Waals surface area contributed by atoms with Crippen molar-refractivity contribution >= 4 is 17.6 Å². The minimum atomic E-state index is -0.313. The van der Waals surface area contributed by atoms with Gasteiger partial charge in [0, 0.05) is 31.6 Å². The Hall–Kier alpha value is -2.32. The molecule has 35 heavy (non-hydrogen) atoms. The fourth-order valence-corrected chi connectivity index (χ4v) is 5.27. The molecule has 1 aromatic carbocycles. The lowest BCUT2D eigenvalue weighted by atomic mass is 9.96. The van der Waals surface area contributed by atoms with E-state index in [-0.39, 0.29) is 42.7 Å². The molecule has 2 aliphatic carbocycles. The van der Waals surface area contributed by atoms with Gasteiger partial charge in [-0.25, -0.2) is 4.79 Å². The Morgan fingerprint density at radius 3 is 2.63 bits per heavy atom. The lowest BCUT2D eigenvalue weighted by molar-refractivity contribution is 0.0346. The second-order valence-corrected chi connectivity index (χ2v) is 10.9. The molecule has 0 saturated heterocycles. The summed E-state index contributed by atoms with van der Waals surface area (Å²) in [5.74, 6) is 1.05. The van der Waals surface area contributed by atoms with Gasteiger partial charge in [0.25, 0.3) is 5.91 Å². The number of hydrogen-bond donors (Lipinski definition) is 3. The number of aliphatic hydroxyl groups is 1. The van der Waals surface area contributed by atoms with Gasteiger partial charge in [0.15, 0.2) is 5.75 Å². The molecule has 0 radical (unpaired) electrons. The molecule has 4 rings (SSSR count).